The van der Waals surface area contributed by atoms with Crippen molar-refractivity contribution in [3.63, 3.8) is 0 Å². The van der Waals surface area contributed by atoms with Crippen LogP contribution >= 0.6 is 11.6 Å². The van der Waals surface area contributed by atoms with Gasteiger partial charge in [-0.25, -0.2) is 0 Å². The number of ether oxygens (including phenoxy) is 1. The summed E-state index contributed by atoms with van der Waals surface area (Å²) in [5.41, 5.74) is 1.08. The number of hydrogen-bond donors (Lipinski definition) is 1. The molecule has 0 saturated heterocycles. The summed E-state index contributed by atoms with van der Waals surface area (Å²) in [5, 5.41) is 4.32. The van der Waals surface area contributed by atoms with Gasteiger partial charge in [-0.2, -0.15) is 0 Å². The molecule has 1 aliphatic carbocycles. The fraction of sp³-hybridized carbons (Fsp3) is 0.500. The molecule has 0 bridgehead atoms. The van der Waals surface area contributed by atoms with Gasteiger partial charge in [-0.15, -0.1) is 6.42 Å². The molecule has 0 spiro atoms. The van der Waals surface area contributed by atoms with Crippen LogP contribution in [0.1, 0.15) is 37.7 Å². The summed E-state index contributed by atoms with van der Waals surface area (Å²) >= 11 is 6.05. The summed E-state index contributed by atoms with van der Waals surface area (Å²) in [4.78, 5) is 0. The molecular formula is C16H20ClNO. The lowest BCUT2D eigenvalue weighted by atomic mass is 9.95. The number of hydrogen-bond acceptors (Lipinski definition) is 2. The monoisotopic (exact) mass is 277 g/mol. The van der Waals surface area contributed by atoms with Gasteiger partial charge < -0.3 is 10.1 Å². The van der Waals surface area contributed by atoms with Crippen LogP contribution in [0.5, 0.6) is 5.75 Å². The molecule has 0 aliphatic heterocycles. The third-order valence-electron chi connectivity index (χ3n) is 3.52. The Labute approximate surface area is 120 Å². The van der Waals surface area contributed by atoms with Gasteiger partial charge in [-0.1, -0.05) is 36.8 Å². The first-order valence-electron chi connectivity index (χ1n) is 6.87. The van der Waals surface area contributed by atoms with E-state index in [1.807, 2.05) is 18.2 Å². The van der Waals surface area contributed by atoms with Crippen molar-refractivity contribution in [2.45, 2.75) is 44.7 Å². The Morgan fingerprint density at radius 2 is 2.11 bits per heavy atom. The lowest BCUT2D eigenvalue weighted by molar-refractivity contribution is 0.352. The zero-order chi connectivity index (χ0) is 13.5. The summed E-state index contributed by atoms with van der Waals surface area (Å²) in [6.07, 6.45) is 11.8. The summed E-state index contributed by atoms with van der Waals surface area (Å²) in [6.45, 7) is 1.07. The molecule has 1 aromatic carbocycles. The first-order valence-corrected chi connectivity index (χ1v) is 7.25. The molecule has 0 radical (unpaired) electrons. The summed E-state index contributed by atoms with van der Waals surface area (Å²) < 4.78 is 5.55. The lowest BCUT2D eigenvalue weighted by Gasteiger charge is -2.23. The predicted octanol–water partition coefficient (Wildman–Crippen LogP) is 3.77. The van der Waals surface area contributed by atoms with E-state index in [1.165, 1.54) is 32.1 Å². The molecule has 1 N–H and O–H groups in total. The third-order valence-corrected chi connectivity index (χ3v) is 3.75. The van der Waals surface area contributed by atoms with Crippen LogP contribution in [-0.2, 0) is 6.54 Å². The molecule has 1 fully saturated rings. The molecule has 1 aliphatic rings. The van der Waals surface area contributed by atoms with E-state index in [0.717, 1.165) is 22.9 Å². The van der Waals surface area contributed by atoms with Crippen LogP contribution in [0.2, 0.25) is 5.02 Å². The van der Waals surface area contributed by atoms with Crippen LogP contribution in [0, 0.1) is 12.3 Å². The van der Waals surface area contributed by atoms with Crippen LogP contribution in [0.4, 0.5) is 0 Å². The van der Waals surface area contributed by atoms with E-state index >= 15 is 0 Å². The number of rotatable bonds is 5. The van der Waals surface area contributed by atoms with Gasteiger partial charge in [-0.05, 0) is 31.0 Å². The maximum Gasteiger partial charge on any atom is 0.148 e. The standard InChI is InChI=1S/C16H20ClNO/c1-2-10-19-16-9-8-14(17)11-13(16)12-18-15-6-4-3-5-7-15/h1,8-9,11,15,18H,3-7,10,12H2. The summed E-state index contributed by atoms with van der Waals surface area (Å²) in [7, 11) is 0. The third kappa shape index (κ3) is 4.45. The minimum Gasteiger partial charge on any atom is -0.481 e. The van der Waals surface area contributed by atoms with Crippen molar-refractivity contribution in [1.82, 2.24) is 5.32 Å². The van der Waals surface area contributed by atoms with Crippen molar-refractivity contribution in [3.05, 3.63) is 28.8 Å². The van der Waals surface area contributed by atoms with Crippen molar-refractivity contribution in [2.75, 3.05) is 6.61 Å². The van der Waals surface area contributed by atoms with E-state index in [4.69, 9.17) is 22.8 Å². The number of nitrogens with one attached hydrogen (secondary N) is 1. The molecule has 0 atom stereocenters. The van der Waals surface area contributed by atoms with Crippen LogP contribution in [0.15, 0.2) is 18.2 Å². The van der Waals surface area contributed by atoms with E-state index in [-0.39, 0.29) is 6.61 Å². The van der Waals surface area contributed by atoms with Gasteiger partial charge in [0.1, 0.15) is 12.4 Å². The quantitative estimate of drug-likeness (QED) is 0.827. The maximum atomic E-state index is 6.05. The summed E-state index contributed by atoms with van der Waals surface area (Å²) in [5.74, 6) is 3.31. The van der Waals surface area contributed by atoms with Crippen molar-refractivity contribution in [3.8, 4) is 18.1 Å². The second-order valence-electron chi connectivity index (χ2n) is 4.96. The zero-order valence-electron chi connectivity index (χ0n) is 11.1. The van der Waals surface area contributed by atoms with Crippen molar-refractivity contribution < 1.29 is 4.74 Å². The average molecular weight is 278 g/mol. The highest BCUT2D eigenvalue weighted by atomic mass is 35.5. The van der Waals surface area contributed by atoms with Gasteiger partial charge in [0.05, 0.1) is 0 Å². The Bertz CT molecular complexity index is 447. The van der Waals surface area contributed by atoms with Gasteiger partial charge >= 0.3 is 0 Å². The molecule has 2 nitrogen and oxygen atoms in total. The van der Waals surface area contributed by atoms with E-state index in [9.17, 15) is 0 Å². The maximum absolute atomic E-state index is 6.05. The lowest BCUT2D eigenvalue weighted by Crippen LogP contribution is -2.30. The van der Waals surface area contributed by atoms with Crippen molar-refractivity contribution >= 4 is 11.6 Å². The Hall–Kier alpha value is -1.17. The summed E-state index contributed by atoms with van der Waals surface area (Å²) in [6, 6.07) is 6.28. The molecule has 2 rings (SSSR count). The molecule has 0 aromatic heterocycles. The van der Waals surface area contributed by atoms with Gasteiger partial charge in [0.15, 0.2) is 0 Å². The first kappa shape index (κ1) is 14.2. The Morgan fingerprint density at radius 1 is 1.32 bits per heavy atom. The predicted molar refractivity (Wildman–Crippen MR) is 79.5 cm³/mol. The minimum absolute atomic E-state index is 0.290. The topological polar surface area (TPSA) is 21.3 Å². The highest BCUT2D eigenvalue weighted by Crippen LogP contribution is 2.24. The highest BCUT2D eigenvalue weighted by molar-refractivity contribution is 6.30. The molecule has 3 heteroatoms. The number of terminal acetylenes is 1. The molecule has 0 heterocycles. The van der Waals surface area contributed by atoms with Gasteiger partial charge in [-0.3, -0.25) is 0 Å². The fourth-order valence-electron chi connectivity index (χ4n) is 2.51. The minimum atomic E-state index is 0.290. The first-order chi connectivity index (χ1) is 9.29. The normalized spacial score (nSPS) is 16.0. The largest absolute Gasteiger partial charge is 0.481 e. The second kappa shape index (κ2) is 7.43. The van der Waals surface area contributed by atoms with Gasteiger partial charge in [0.25, 0.3) is 0 Å². The van der Waals surface area contributed by atoms with E-state index in [2.05, 4.69) is 11.2 Å². The molecule has 0 amide bonds. The highest BCUT2D eigenvalue weighted by Gasteiger charge is 2.13. The van der Waals surface area contributed by atoms with Gasteiger partial charge in [0.2, 0.25) is 0 Å². The van der Waals surface area contributed by atoms with Crippen LogP contribution in [0.3, 0.4) is 0 Å². The van der Waals surface area contributed by atoms with E-state index < -0.39 is 0 Å². The Kier molecular flexibility index (Phi) is 5.57. The van der Waals surface area contributed by atoms with Crippen molar-refractivity contribution in [2.24, 2.45) is 0 Å². The van der Waals surface area contributed by atoms with E-state index in [1.54, 1.807) is 0 Å². The molecule has 0 unspecified atom stereocenters. The zero-order valence-corrected chi connectivity index (χ0v) is 11.9. The molecule has 1 aromatic rings. The van der Waals surface area contributed by atoms with Gasteiger partial charge in [0, 0.05) is 23.2 Å². The smallest absolute Gasteiger partial charge is 0.148 e. The molecular weight excluding hydrogens is 258 g/mol. The SMILES string of the molecule is C#CCOc1ccc(Cl)cc1CNC1CCCCC1. The second-order valence-corrected chi connectivity index (χ2v) is 5.40. The van der Waals surface area contributed by atoms with Crippen LogP contribution in [-0.4, -0.2) is 12.6 Å². The Morgan fingerprint density at radius 3 is 2.84 bits per heavy atom. The van der Waals surface area contributed by atoms with E-state index in [0.29, 0.717) is 6.04 Å². The fourth-order valence-corrected chi connectivity index (χ4v) is 2.70. The van der Waals surface area contributed by atoms with Crippen LogP contribution < -0.4 is 10.1 Å². The Balaban J connectivity index is 1.96. The average Bonchev–Trinajstić information content (AvgIpc) is 2.45. The molecule has 1 saturated carbocycles. The van der Waals surface area contributed by atoms with Crippen LogP contribution in [0.25, 0.3) is 0 Å². The number of benzene rings is 1. The number of halogens is 1. The molecule has 19 heavy (non-hydrogen) atoms. The molecule has 102 valence electrons. The van der Waals surface area contributed by atoms with Crippen molar-refractivity contribution in [1.29, 1.82) is 0 Å².